The number of nitrogens with zero attached hydrogens (tertiary/aromatic N) is 1. The quantitative estimate of drug-likeness (QED) is 0.482. The number of ether oxygens (including phenoxy) is 1. The molecule has 130 valence electrons. The average Bonchev–Trinajstić information content (AvgIpc) is 3.11. The van der Waals surface area contributed by atoms with Crippen LogP contribution in [-0.2, 0) is 0 Å². The van der Waals surface area contributed by atoms with Crippen LogP contribution in [0.4, 0.5) is 10.8 Å². The van der Waals surface area contributed by atoms with Crippen molar-refractivity contribution in [3.05, 3.63) is 69.4 Å². The van der Waals surface area contributed by atoms with E-state index in [1.165, 1.54) is 11.3 Å². The fraction of sp³-hybridized carbons (Fsp3) is 0.0526. The van der Waals surface area contributed by atoms with E-state index in [-0.39, 0.29) is 0 Å². The number of hydrogen-bond donors (Lipinski definition) is 1. The van der Waals surface area contributed by atoms with Gasteiger partial charge in [0.05, 0.1) is 29.1 Å². The highest BCUT2D eigenvalue weighted by Gasteiger charge is 2.13. The molecular weight excluding hydrogens is 372 g/mol. The molecule has 0 aliphatic rings. The van der Waals surface area contributed by atoms with Crippen molar-refractivity contribution in [3.8, 4) is 17.0 Å². The van der Waals surface area contributed by atoms with Gasteiger partial charge in [-0.3, -0.25) is 0 Å². The summed E-state index contributed by atoms with van der Waals surface area (Å²) in [6, 6.07) is 14.4. The number of benzene rings is 2. The second-order valence-electron chi connectivity index (χ2n) is 5.49. The lowest BCUT2D eigenvalue weighted by Crippen LogP contribution is -2.03. The predicted molar refractivity (Wildman–Crippen MR) is 105 cm³/mol. The number of aromatic nitrogens is 1. The van der Waals surface area contributed by atoms with Gasteiger partial charge in [0, 0.05) is 10.8 Å². The fourth-order valence-electron chi connectivity index (χ4n) is 2.54. The van der Waals surface area contributed by atoms with E-state index in [0.717, 1.165) is 11.1 Å². The second kappa shape index (κ2) is 6.82. The third-order valence-electron chi connectivity index (χ3n) is 3.83. The van der Waals surface area contributed by atoms with Gasteiger partial charge in [-0.1, -0.05) is 23.7 Å². The molecule has 0 aliphatic carbocycles. The van der Waals surface area contributed by atoms with Crippen molar-refractivity contribution in [1.82, 2.24) is 4.98 Å². The first kappa shape index (κ1) is 16.6. The summed E-state index contributed by atoms with van der Waals surface area (Å²) in [4.78, 5) is 16.8. The van der Waals surface area contributed by atoms with Crippen LogP contribution in [0.25, 0.3) is 22.2 Å². The summed E-state index contributed by atoms with van der Waals surface area (Å²) in [6.07, 6.45) is 0. The number of methoxy groups -OCH3 is 1. The maximum Gasteiger partial charge on any atom is 0.345 e. The third kappa shape index (κ3) is 3.16. The van der Waals surface area contributed by atoms with Crippen molar-refractivity contribution < 1.29 is 9.15 Å². The topological polar surface area (TPSA) is 64.4 Å². The Bertz CT molecular complexity index is 1150. The Balaban J connectivity index is 1.72. The lowest BCUT2D eigenvalue weighted by atomic mass is 10.1. The predicted octanol–water partition coefficient (Wildman–Crippen LogP) is 5.32. The number of anilines is 2. The van der Waals surface area contributed by atoms with E-state index in [1.807, 2.05) is 24.3 Å². The maximum atomic E-state index is 12.3. The molecule has 2 aromatic carbocycles. The van der Waals surface area contributed by atoms with E-state index in [1.54, 1.807) is 36.8 Å². The van der Waals surface area contributed by atoms with E-state index in [2.05, 4.69) is 10.3 Å². The lowest BCUT2D eigenvalue weighted by molar-refractivity contribution is 0.415. The molecule has 26 heavy (non-hydrogen) atoms. The zero-order chi connectivity index (χ0) is 18.1. The number of rotatable bonds is 4. The summed E-state index contributed by atoms with van der Waals surface area (Å²) in [7, 11) is 1.59. The monoisotopic (exact) mass is 384 g/mol. The van der Waals surface area contributed by atoms with E-state index in [0.29, 0.717) is 32.7 Å². The molecule has 7 heteroatoms. The van der Waals surface area contributed by atoms with Gasteiger partial charge in [0.1, 0.15) is 11.3 Å². The normalized spacial score (nSPS) is 10.8. The summed E-state index contributed by atoms with van der Waals surface area (Å²) in [6.45, 7) is 0. The Morgan fingerprint density at radius 1 is 1.19 bits per heavy atom. The molecule has 2 heterocycles. The fourth-order valence-corrected chi connectivity index (χ4v) is 3.45. The lowest BCUT2D eigenvalue weighted by Gasteiger charge is -2.04. The minimum Gasteiger partial charge on any atom is -0.497 e. The van der Waals surface area contributed by atoms with Crippen molar-refractivity contribution in [2.45, 2.75) is 0 Å². The molecular formula is C19H13ClN2O3S. The molecule has 2 aromatic heterocycles. The molecule has 0 spiro atoms. The Labute approximate surface area is 157 Å². The highest BCUT2D eigenvalue weighted by atomic mass is 35.5. The molecule has 0 saturated carbocycles. The molecule has 0 unspecified atom stereocenters. The number of thiazole rings is 1. The van der Waals surface area contributed by atoms with Gasteiger partial charge < -0.3 is 14.5 Å². The first-order valence-corrected chi connectivity index (χ1v) is 8.99. The van der Waals surface area contributed by atoms with Gasteiger partial charge in [-0.25, -0.2) is 9.78 Å². The first-order chi connectivity index (χ1) is 12.6. The average molecular weight is 385 g/mol. The molecule has 0 bridgehead atoms. The Morgan fingerprint density at radius 3 is 2.85 bits per heavy atom. The molecule has 4 aromatic rings. The smallest absolute Gasteiger partial charge is 0.345 e. The number of fused-ring (bicyclic) bond motifs is 1. The van der Waals surface area contributed by atoms with Crippen LogP contribution in [-0.4, -0.2) is 12.1 Å². The van der Waals surface area contributed by atoms with Crippen LogP contribution in [0, 0.1) is 0 Å². The summed E-state index contributed by atoms with van der Waals surface area (Å²) in [5.41, 5.74) is 1.77. The molecule has 0 saturated heterocycles. The minimum atomic E-state index is -0.433. The Hall–Kier alpha value is -2.83. The number of hydrogen-bond acceptors (Lipinski definition) is 6. The number of nitrogens with one attached hydrogen (secondary N) is 1. The van der Waals surface area contributed by atoms with Crippen LogP contribution in [0.15, 0.2) is 63.1 Å². The maximum absolute atomic E-state index is 12.3. The zero-order valence-electron chi connectivity index (χ0n) is 13.7. The minimum absolute atomic E-state index is 0.397. The van der Waals surface area contributed by atoms with Crippen molar-refractivity contribution in [2.24, 2.45) is 0 Å². The van der Waals surface area contributed by atoms with Gasteiger partial charge in [-0.15, -0.1) is 11.3 Å². The van der Waals surface area contributed by atoms with E-state index >= 15 is 0 Å². The van der Waals surface area contributed by atoms with Crippen molar-refractivity contribution in [1.29, 1.82) is 0 Å². The van der Waals surface area contributed by atoms with Crippen LogP contribution in [0.1, 0.15) is 0 Å². The van der Waals surface area contributed by atoms with Crippen LogP contribution in [0.2, 0.25) is 5.02 Å². The van der Waals surface area contributed by atoms with Crippen LogP contribution in [0.5, 0.6) is 5.75 Å². The molecule has 5 nitrogen and oxygen atoms in total. The van der Waals surface area contributed by atoms with Gasteiger partial charge in [-0.05, 0) is 36.4 Å². The molecule has 0 atom stereocenters. The summed E-state index contributed by atoms with van der Waals surface area (Å²) in [5.74, 6) is 0.691. The standard InChI is InChI=1S/C19H13ClN2O3S/c1-24-12-6-7-17-11(8-12)9-13(18(23)25-17)16-10-26-19(22-16)21-15-5-3-2-4-14(15)20/h2-10H,1H3,(H,21,22). The Kier molecular flexibility index (Phi) is 4.36. The molecule has 0 radical (unpaired) electrons. The van der Waals surface area contributed by atoms with Crippen molar-refractivity contribution >= 4 is 44.7 Å². The van der Waals surface area contributed by atoms with Crippen molar-refractivity contribution in [2.75, 3.05) is 12.4 Å². The van der Waals surface area contributed by atoms with E-state index < -0.39 is 5.63 Å². The van der Waals surface area contributed by atoms with E-state index in [9.17, 15) is 4.79 Å². The zero-order valence-corrected chi connectivity index (χ0v) is 15.2. The Morgan fingerprint density at radius 2 is 2.04 bits per heavy atom. The third-order valence-corrected chi connectivity index (χ3v) is 4.92. The van der Waals surface area contributed by atoms with Gasteiger partial charge >= 0.3 is 5.63 Å². The van der Waals surface area contributed by atoms with Crippen LogP contribution < -0.4 is 15.7 Å². The molecule has 0 fully saturated rings. The molecule has 0 amide bonds. The summed E-state index contributed by atoms with van der Waals surface area (Å²) >= 11 is 7.54. The van der Waals surface area contributed by atoms with Gasteiger partial charge in [0.25, 0.3) is 0 Å². The number of halogens is 1. The van der Waals surface area contributed by atoms with Gasteiger partial charge in [-0.2, -0.15) is 0 Å². The highest BCUT2D eigenvalue weighted by Crippen LogP contribution is 2.30. The largest absolute Gasteiger partial charge is 0.497 e. The van der Waals surface area contributed by atoms with Crippen LogP contribution in [0.3, 0.4) is 0 Å². The first-order valence-electron chi connectivity index (χ1n) is 7.73. The second-order valence-corrected chi connectivity index (χ2v) is 6.76. The van der Waals surface area contributed by atoms with Gasteiger partial charge in [0.2, 0.25) is 0 Å². The molecule has 4 rings (SSSR count). The summed E-state index contributed by atoms with van der Waals surface area (Å²) < 4.78 is 10.6. The number of para-hydroxylation sites is 1. The highest BCUT2D eigenvalue weighted by molar-refractivity contribution is 7.14. The van der Waals surface area contributed by atoms with Crippen LogP contribution >= 0.6 is 22.9 Å². The molecule has 0 aliphatic heterocycles. The molecule has 1 N–H and O–H groups in total. The van der Waals surface area contributed by atoms with Gasteiger partial charge in [0.15, 0.2) is 5.13 Å². The summed E-state index contributed by atoms with van der Waals surface area (Å²) in [5, 5.41) is 6.97. The SMILES string of the molecule is COc1ccc2oc(=O)c(-c3csc(Nc4ccccc4Cl)n3)cc2c1. The van der Waals surface area contributed by atoms with E-state index in [4.69, 9.17) is 20.8 Å². The van der Waals surface area contributed by atoms with Crippen molar-refractivity contribution in [3.63, 3.8) is 0 Å².